The molecule has 0 amide bonds. The van der Waals surface area contributed by atoms with Crippen LogP contribution in [0, 0.1) is 0 Å². The zero-order valence-corrected chi connectivity index (χ0v) is 8.21. The molecule has 0 fully saturated rings. The Morgan fingerprint density at radius 1 is 1.31 bits per heavy atom. The van der Waals surface area contributed by atoms with Gasteiger partial charge in [0.1, 0.15) is 0 Å². The van der Waals surface area contributed by atoms with Crippen molar-refractivity contribution in [3.05, 3.63) is 36.4 Å². The van der Waals surface area contributed by atoms with Crippen molar-refractivity contribution in [2.75, 3.05) is 0 Å². The molecule has 3 nitrogen and oxygen atoms in total. The van der Waals surface area contributed by atoms with Crippen LogP contribution in [0.1, 0.15) is 6.99 Å². The third-order valence-corrected chi connectivity index (χ3v) is 2.37. The number of rotatable bonds is 2. The van der Waals surface area contributed by atoms with Gasteiger partial charge in [0.2, 0.25) is 10.0 Å². The molecule has 0 atom stereocenters. The predicted octanol–water partition coefficient (Wildman–Crippen LogP) is -1.91. The van der Waals surface area contributed by atoms with Gasteiger partial charge in [0, 0.05) is 0 Å². The second-order valence-electron chi connectivity index (χ2n) is 2.32. The average molecular weight is 191 g/mol. The first-order chi connectivity index (χ1) is 5.54. The van der Waals surface area contributed by atoms with Gasteiger partial charge in [-0.15, -0.1) is 0 Å². The van der Waals surface area contributed by atoms with Crippen LogP contribution in [0.4, 0.5) is 0 Å². The van der Waals surface area contributed by atoms with E-state index >= 15 is 0 Å². The first-order valence-electron chi connectivity index (χ1n) is 3.29. The molecule has 0 unspecified atom stereocenters. The van der Waals surface area contributed by atoms with Crippen LogP contribution >= 0.6 is 0 Å². The fourth-order valence-electron chi connectivity index (χ4n) is 0.794. The van der Waals surface area contributed by atoms with Crippen LogP contribution in [0.15, 0.2) is 35.7 Å². The Bertz CT molecular complexity index is 388. The molecule has 66 valence electrons. The summed E-state index contributed by atoms with van der Waals surface area (Å²) in [6.45, 7) is 3.54. The van der Waals surface area contributed by atoms with Gasteiger partial charge in [-0.2, -0.15) is 0 Å². The molecule has 0 saturated carbocycles. The molecule has 0 aromatic heterocycles. The van der Waals surface area contributed by atoms with Crippen LogP contribution in [0.25, 0.3) is 6.08 Å². The van der Waals surface area contributed by atoms with E-state index in [-0.39, 0.29) is 25.2 Å². The Kier molecular flexibility index (Phi) is 4.44. The van der Waals surface area contributed by atoms with Gasteiger partial charge in [0.05, 0.1) is 4.90 Å². The zero-order valence-electron chi connectivity index (χ0n) is 8.40. The van der Waals surface area contributed by atoms with Gasteiger partial charge in [-0.3, -0.25) is 0 Å². The van der Waals surface area contributed by atoms with Crippen LogP contribution in [0.5, 0.6) is 0 Å². The number of hydrogen-bond acceptors (Lipinski definition) is 2. The summed E-state index contributed by atoms with van der Waals surface area (Å²) in [5.41, 5.74) is 0.863. The van der Waals surface area contributed by atoms with Gasteiger partial charge in [0.15, 0.2) is 0 Å². The van der Waals surface area contributed by atoms with E-state index in [1.165, 1.54) is 12.1 Å². The summed E-state index contributed by atoms with van der Waals surface area (Å²) < 4.78 is 21.6. The largest absolute Gasteiger partial charge is 1.00 e. The number of nitrogens with two attached hydrogens (primary N) is 1. The maximum atomic E-state index is 10.8. The van der Waals surface area contributed by atoms with Gasteiger partial charge < -0.3 is 1.43 Å². The number of primary sulfonamides is 1. The molecule has 0 aliphatic carbocycles. The minimum absolute atomic E-state index is 0. The first kappa shape index (κ1) is 12.5. The molecule has 0 aliphatic rings. The molecule has 2 N–H and O–H groups in total. The van der Waals surface area contributed by atoms with Gasteiger partial charge in [-0.1, -0.05) is 24.8 Å². The maximum Gasteiger partial charge on any atom is 1.00 e. The van der Waals surface area contributed by atoms with Crippen molar-refractivity contribution in [3.8, 4) is 0 Å². The Hall–Kier alpha value is -0.533. The van der Waals surface area contributed by atoms with Crippen molar-refractivity contribution in [2.24, 2.45) is 5.14 Å². The summed E-state index contributed by atoms with van der Waals surface area (Å²) in [5, 5.41) is 4.89. The van der Waals surface area contributed by atoms with Crippen LogP contribution in [-0.2, 0) is 10.0 Å². The summed E-state index contributed by atoms with van der Waals surface area (Å²) >= 11 is 0. The van der Waals surface area contributed by atoms with Crippen molar-refractivity contribution in [1.82, 2.24) is 0 Å². The quantitative estimate of drug-likeness (QED) is 0.555. The number of benzene rings is 1. The fraction of sp³-hybridized carbons (Fsp3) is 0. The normalized spacial score (nSPS) is 10.2. The first-order valence-corrected chi connectivity index (χ1v) is 4.84. The molecule has 1 aromatic rings. The molecule has 1 aromatic carbocycles. The Morgan fingerprint density at radius 3 is 2.08 bits per heavy atom. The van der Waals surface area contributed by atoms with E-state index in [2.05, 4.69) is 6.58 Å². The van der Waals surface area contributed by atoms with Crippen molar-refractivity contribution in [2.45, 2.75) is 4.90 Å². The predicted molar refractivity (Wildman–Crippen MR) is 49.0 cm³/mol. The molecule has 0 aliphatic heterocycles. The fourth-order valence-corrected chi connectivity index (χ4v) is 1.31. The van der Waals surface area contributed by atoms with Crippen molar-refractivity contribution in [3.63, 3.8) is 0 Å². The van der Waals surface area contributed by atoms with Crippen molar-refractivity contribution < 1.29 is 28.7 Å². The van der Waals surface area contributed by atoms with E-state index in [9.17, 15) is 8.42 Å². The number of sulfonamides is 1. The van der Waals surface area contributed by atoms with Crippen LogP contribution in [0.2, 0.25) is 0 Å². The summed E-state index contributed by atoms with van der Waals surface area (Å²) in [7, 11) is -3.56. The third kappa shape index (κ3) is 3.37. The van der Waals surface area contributed by atoms with Gasteiger partial charge in [-0.25, -0.2) is 13.6 Å². The Balaban J connectivity index is 0. The minimum Gasteiger partial charge on any atom is -1.00 e. The summed E-state index contributed by atoms with van der Waals surface area (Å²) in [5.74, 6) is 0. The van der Waals surface area contributed by atoms with Gasteiger partial charge >= 0.3 is 18.9 Å². The molecule has 5 heteroatoms. The van der Waals surface area contributed by atoms with E-state index in [1.807, 2.05) is 0 Å². The molecule has 1 rings (SSSR count). The molecular weight excluding hydrogens is 181 g/mol. The molecule has 0 radical (unpaired) electrons. The molecule has 13 heavy (non-hydrogen) atoms. The van der Waals surface area contributed by atoms with Gasteiger partial charge in [-0.05, 0) is 17.7 Å². The van der Waals surface area contributed by atoms with Crippen molar-refractivity contribution in [1.29, 1.82) is 0 Å². The standard InChI is InChI=1S/C8H9NO2S.Li.H/c1-2-7-3-5-8(6-4-7)12(9,10)11;;/h2-6H,1H2,(H2,9,10,11);;/q;+1;-1. The SMILES string of the molecule is C=Cc1ccc(S(N)(=O)=O)cc1.[H-].[Li+]. The van der Waals surface area contributed by atoms with E-state index in [4.69, 9.17) is 5.14 Å². The second-order valence-corrected chi connectivity index (χ2v) is 3.88. The molecule has 0 spiro atoms. The average Bonchev–Trinajstić information content (AvgIpc) is 2.03. The summed E-state index contributed by atoms with van der Waals surface area (Å²) in [6.07, 6.45) is 1.63. The van der Waals surface area contributed by atoms with Crippen LogP contribution in [-0.4, -0.2) is 8.42 Å². The zero-order chi connectivity index (χ0) is 9.19. The van der Waals surface area contributed by atoms with Crippen LogP contribution < -0.4 is 24.0 Å². The Labute approximate surface area is 91.4 Å². The maximum absolute atomic E-state index is 10.8. The minimum atomic E-state index is -3.56. The van der Waals surface area contributed by atoms with E-state index in [1.54, 1.807) is 18.2 Å². The third-order valence-electron chi connectivity index (χ3n) is 1.44. The second kappa shape index (κ2) is 4.63. The molecule has 0 bridgehead atoms. The summed E-state index contributed by atoms with van der Waals surface area (Å²) in [4.78, 5) is 0.119. The smallest absolute Gasteiger partial charge is 1.00 e. The molecule has 0 heterocycles. The van der Waals surface area contributed by atoms with E-state index in [0.717, 1.165) is 5.56 Å². The van der Waals surface area contributed by atoms with E-state index in [0.29, 0.717) is 0 Å². The monoisotopic (exact) mass is 191 g/mol. The van der Waals surface area contributed by atoms with Gasteiger partial charge in [0.25, 0.3) is 0 Å². The summed E-state index contributed by atoms with van der Waals surface area (Å²) in [6, 6.07) is 6.19. The van der Waals surface area contributed by atoms with Crippen molar-refractivity contribution >= 4 is 16.1 Å². The topological polar surface area (TPSA) is 60.2 Å². The molecular formula is C8H10LiNO2S. The number of hydrogen-bond donors (Lipinski definition) is 1. The Morgan fingerprint density at radius 2 is 1.77 bits per heavy atom. The van der Waals surface area contributed by atoms with E-state index < -0.39 is 10.0 Å². The van der Waals surface area contributed by atoms with Crippen LogP contribution in [0.3, 0.4) is 0 Å². The molecule has 0 saturated heterocycles.